The van der Waals surface area contributed by atoms with Crippen LogP contribution in [0.25, 0.3) is 0 Å². The first-order valence-electron chi connectivity index (χ1n) is 3.70. The molecule has 1 nitrogen and oxygen atoms in total. The zero-order chi connectivity index (χ0) is 5.40. The van der Waals surface area contributed by atoms with Crippen LogP contribution >= 0.6 is 0 Å². The summed E-state index contributed by atoms with van der Waals surface area (Å²) >= 11 is 0. The molecule has 0 bridgehead atoms. The fourth-order valence-corrected chi connectivity index (χ4v) is 2.11. The van der Waals surface area contributed by atoms with Crippen molar-refractivity contribution in [2.75, 3.05) is 6.54 Å². The van der Waals surface area contributed by atoms with Crippen molar-refractivity contribution in [3.8, 4) is 0 Å². The van der Waals surface area contributed by atoms with Crippen LogP contribution in [0.1, 0.15) is 25.7 Å². The molecule has 8 heavy (non-hydrogen) atoms. The lowest BCUT2D eigenvalue weighted by molar-refractivity contribution is 0.518. The molecule has 2 atom stereocenters. The van der Waals surface area contributed by atoms with E-state index in [1.807, 2.05) is 0 Å². The predicted octanol–water partition coefficient (Wildman–Crippen LogP) is 1.15. The van der Waals surface area contributed by atoms with E-state index < -0.39 is 0 Å². The number of fused-ring (bicyclic) bond motifs is 1. The average Bonchev–Trinajstić information content (AvgIpc) is 2.15. The van der Waals surface area contributed by atoms with Crippen molar-refractivity contribution in [2.24, 2.45) is 5.92 Å². The maximum absolute atomic E-state index is 3.52. The summed E-state index contributed by atoms with van der Waals surface area (Å²) in [5.74, 6) is 1.06. The second-order valence-corrected chi connectivity index (χ2v) is 3.04. The molecule has 2 rings (SSSR count). The van der Waals surface area contributed by atoms with E-state index in [1.54, 1.807) is 0 Å². The largest absolute Gasteiger partial charge is 0.314 e. The third-order valence-electron chi connectivity index (χ3n) is 2.58. The second-order valence-electron chi connectivity index (χ2n) is 3.04. The van der Waals surface area contributed by atoms with Crippen molar-refractivity contribution >= 4 is 0 Å². The molecule has 2 fully saturated rings. The normalized spacial score (nSPS) is 45.0. The lowest BCUT2D eigenvalue weighted by Crippen LogP contribution is -2.21. The Labute approximate surface area is 50.5 Å². The highest BCUT2D eigenvalue weighted by atomic mass is 15.0. The van der Waals surface area contributed by atoms with Crippen LogP contribution in [-0.4, -0.2) is 12.6 Å². The smallest absolute Gasteiger partial charge is 0.00958 e. The Morgan fingerprint density at radius 1 is 1.12 bits per heavy atom. The maximum Gasteiger partial charge on any atom is 0.00958 e. The summed E-state index contributed by atoms with van der Waals surface area (Å²) in [7, 11) is 0. The van der Waals surface area contributed by atoms with Crippen LogP contribution in [0.4, 0.5) is 0 Å². The van der Waals surface area contributed by atoms with E-state index in [9.17, 15) is 0 Å². The monoisotopic (exact) mass is 111 g/mol. The van der Waals surface area contributed by atoms with Crippen LogP contribution in [0.2, 0.25) is 0 Å². The van der Waals surface area contributed by atoms with Gasteiger partial charge < -0.3 is 5.32 Å². The molecule has 1 saturated carbocycles. The van der Waals surface area contributed by atoms with Gasteiger partial charge in [-0.05, 0) is 31.7 Å². The van der Waals surface area contributed by atoms with Crippen molar-refractivity contribution < 1.29 is 0 Å². The molecule has 1 heterocycles. The number of rotatable bonds is 0. The molecule has 1 aliphatic carbocycles. The van der Waals surface area contributed by atoms with Crippen molar-refractivity contribution in [3.05, 3.63) is 0 Å². The van der Waals surface area contributed by atoms with Gasteiger partial charge in [-0.15, -0.1) is 0 Å². The molecular formula is C7H13N. The third kappa shape index (κ3) is 0.576. The molecule has 1 aliphatic heterocycles. The Morgan fingerprint density at radius 2 is 2.12 bits per heavy atom. The van der Waals surface area contributed by atoms with Gasteiger partial charge in [-0.2, -0.15) is 0 Å². The van der Waals surface area contributed by atoms with Crippen LogP contribution in [0.3, 0.4) is 0 Å². The fourth-order valence-electron chi connectivity index (χ4n) is 2.11. The van der Waals surface area contributed by atoms with Crippen LogP contribution < -0.4 is 5.32 Å². The van der Waals surface area contributed by atoms with Crippen LogP contribution in [-0.2, 0) is 0 Å². The predicted molar refractivity (Wildman–Crippen MR) is 33.7 cm³/mol. The minimum absolute atomic E-state index is 0.926. The Morgan fingerprint density at radius 3 is 3.00 bits per heavy atom. The lowest BCUT2D eigenvalue weighted by Gasteiger charge is -2.05. The summed E-state index contributed by atoms with van der Waals surface area (Å²) < 4.78 is 0. The van der Waals surface area contributed by atoms with E-state index in [0.717, 1.165) is 12.0 Å². The summed E-state index contributed by atoms with van der Waals surface area (Å²) in [6.07, 6.45) is 5.87. The first kappa shape index (κ1) is 4.80. The highest BCUT2D eigenvalue weighted by molar-refractivity contribution is 4.88. The van der Waals surface area contributed by atoms with Gasteiger partial charge >= 0.3 is 0 Å². The van der Waals surface area contributed by atoms with E-state index in [4.69, 9.17) is 0 Å². The van der Waals surface area contributed by atoms with Gasteiger partial charge in [0.05, 0.1) is 0 Å². The molecule has 2 aliphatic rings. The first-order valence-corrected chi connectivity index (χ1v) is 3.70. The summed E-state index contributed by atoms with van der Waals surface area (Å²) in [6, 6.07) is 0.926. The molecule has 0 amide bonds. The van der Waals surface area contributed by atoms with E-state index >= 15 is 0 Å². The quantitative estimate of drug-likeness (QED) is 0.494. The van der Waals surface area contributed by atoms with Crippen LogP contribution in [0.15, 0.2) is 0 Å². The van der Waals surface area contributed by atoms with Gasteiger partial charge in [-0.1, -0.05) is 6.42 Å². The molecule has 0 spiro atoms. The Balaban J connectivity index is 2.04. The van der Waals surface area contributed by atoms with Gasteiger partial charge in [0.25, 0.3) is 0 Å². The fraction of sp³-hybridized carbons (Fsp3) is 1.00. The molecule has 0 unspecified atom stereocenters. The Bertz CT molecular complexity index is 70.4. The molecule has 0 aromatic carbocycles. The highest BCUT2D eigenvalue weighted by Gasteiger charge is 2.30. The number of nitrogens with one attached hydrogen (secondary N) is 1. The summed E-state index contributed by atoms with van der Waals surface area (Å²) in [5, 5.41) is 3.52. The molecule has 1 N–H and O–H groups in total. The van der Waals surface area contributed by atoms with Gasteiger partial charge in [0, 0.05) is 6.04 Å². The first-order chi connectivity index (χ1) is 3.97. The molecule has 0 aromatic heterocycles. The van der Waals surface area contributed by atoms with Crippen molar-refractivity contribution in [1.82, 2.24) is 5.32 Å². The minimum Gasteiger partial charge on any atom is -0.314 e. The zero-order valence-electron chi connectivity index (χ0n) is 5.19. The SMILES string of the molecule is C1C[C@@H]2CCN[C@@H]2C1. The summed E-state index contributed by atoms with van der Waals surface area (Å²) in [5.41, 5.74) is 0. The maximum atomic E-state index is 3.52. The van der Waals surface area contributed by atoms with Gasteiger partial charge in [0.1, 0.15) is 0 Å². The molecule has 0 radical (unpaired) electrons. The van der Waals surface area contributed by atoms with Crippen LogP contribution in [0, 0.1) is 5.92 Å². The van der Waals surface area contributed by atoms with E-state index in [2.05, 4.69) is 5.32 Å². The molecule has 46 valence electrons. The summed E-state index contributed by atoms with van der Waals surface area (Å²) in [4.78, 5) is 0. The van der Waals surface area contributed by atoms with E-state index in [0.29, 0.717) is 0 Å². The Kier molecular flexibility index (Phi) is 1.04. The average molecular weight is 111 g/mol. The van der Waals surface area contributed by atoms with Gasteiger partial charge in [0.2, 0.25) is 0 Å². The summed E-state index contributed by atoms with van der Waals surface area (Å²) in [6.45, 7) is 1.29. The molecule has 1 heteroatoms. The van der Waals surface area contributed by atoms with Crippen molar-refractivity contribution in [1.29, 1.82) is 0 Å². The standard InChI is InChI=1S/C7H13N/c1-2-6-4-5-8-7(6)3-1/h6-8H,1-5H2/t6-,7-/m1/s1. The van der Waals surface area contributed by atoms with E-state index in [1.165, 1.54) is 32.2 Å². The molecule has 1 saturated heterocycles. The number of hydrogen-bond acceptors (Lipinski definition) is 1. The third-order valence-corrected chi connectivity index (χ3v) is 2.58. The number of hydrogen-bond donors (Lipinski definition) is 1. The Hall–Kier alpha value is -0.0400. The second kappa shape index (κ2) is 1.73. The van der Waals surface area contributed by atoms with Gasteiger partial charge in [-0.3, -0.25) is 0 Å². The highest BCUT2D eigenvalue weighted by Crippen LogP contribution is 2.31. The van der Waals surface area contributed by atoms with Gasteiger partial charge in [-0.25, -0.2) is 0 Å². The van der Waals surface area contributed by atoms with Crippen molar-refractivity contribution in [3.63, 3.8) is 0 Å². The van der Waals surface area contributed by atoms with Crippen molar-refractivity contribution in [2.45, 2.75) is 31.7 Å². The lowest BCUT2D eigenvalue weighted by atomic mass is 10.1. The topological polar surface area (TPSA) is 12.0 Å². The zero-order valence-corrected chi connectivity index (χ0v) is 5.19. The molecular weight excluding hydrogens is 98.1 g/mol. The van der Waals surface area contributed by atoms with E-state index in [-0.39, 0.29) is 0 Å². The van der Waals surface area contributed by atoms with Gasteiger partial charge in [0.15, 0.2) is 0 Å². The van der Waals surface area contributed by atoms with Crippen LogP contribution in [0.5, 0.6) is 0 Å². The minimum atomic E-state index is 0.926. The molecule has 0 aromatic rings.